The summed E-state index contributed by atoms with van der Waals surface area (Å²) in [5.74, 6) is 2.03. The van der Waals surface area contributed by atoms with E-state index in [0.29, 0.717) is 11.8 Å². The second kappa shape index (κ2) is 10.2. The summed E-state index contributed by atoms with van der Waals surface area (Å²) in [4.78, 5) is 11.5. The second-order valence-electron chi connectivity index (χ2n) is 7.02. The third-order valence-corrected chi connectivity index (χ3v) is 4.96. The average molecular weight is 383 g/mol. The maximum atomic E-state index is 11.5. The summed E-state index contributed by atoms with van der Waals surface area (Å²) < 4.78 is 5.62. The highest BCUT2D eigenvalue weighted by atomic mass is 79.9. The number of halogens is 1. The highest BCUT2D eigenvalue weighted by molar-refractivity contribution is 9.10. The predicted molar refractivity (Wildman–Crippen MR) is 101 cm³/mol. The molecular formula is C20H31BrO2. The normalized spacial score (nSPS) is 20.7. The Bertz CT molecular complexity index is 483. The number of hydrogen-bond acceptors (Lipinski definition) is 2. The summed E-state index contributed by atoms with van der Waals surface area (Å²) in [5, 5.41) is 0. The van der Waals surface area contributed by atoms with E-state index in [0.717, 1.165) is 36.1 Å². The molecule has 2 unspecified atom stereocenters. The van der Waals surface area contributed by atoms with Gasteiger partial charge in [-0.05, 0) is 67.2 Å². The minimum absolute atomic E-state index is 0.0992. The molecule has 0 saturated carbocycles. The van der Waals surface area contributed by atoms with E-state index in [1.54, 1.807) is 7.11 Å². The maximum absolute atomic E-state index is 11.5. The number of hydrogen-bond donors (Lipinski definition) is 0. The van der Waals surface area contributed by atoms with Crippen LogP contribution >= 0.6 is 15.9 Å². The topological polar surface area (TPSA) is 26.3 Å². The first-order valence-electron chi connectivity index (χ1n) is 8.65. The fraction of sp³-hybridized carbons (Fsp3) is 0.650. The van der Waals surface area contributed by atoms with Gasteiger partial charge in [0.1, 0.15) is 6.29 Å². The number of carbonyl (C=O) groups excluding carboxylic acids is 1. The summed E-state index contributed by atoms with van der Waals surface area (Å²) in [6.45, 7) is 9.64. The van der Waals surface area contributed by atoms with Crippen LogP contribution in [0, 0.1) is 17.8 Å². The number of rotatable bonds is 6. The van der Waals surface area contributed by atoms with Crippen molar-refractivity contribution in [2.45, 2.75) is 52.9 Å². The van der Waals surface area contributed by atoms with Crippen LogP contribution in [0.5, 0.6) is 0 Å². The largest absolute Gasteiger partial charge is 0.385 e. The lowest BCUT2D eigenvalue weighted by atomic mass is 9.83. The van der Waals surface area contributed by atoms with E-state index >= 15 is 0 Å². The van der Waals surface area contributed by atoms with Crippen LogP contribution in [0.25, 0.3) is 0 Å². The van der Waals surface area contributed by atoms with Gasteiger partial charge >= 0.3 is 0 Å². The molecule has 0 fully saturated rings. The standard InChI is InChI=1S/C17H23BrO.C3H8O/c1-11(2)6-12(3)7-14-8-13-4-5-15(18)9-16(13)17(14)10-19;1-3-4-2/h4-5,9-12,14,17H,6-8H2,1-3H3;3H2,1-2H3/t12?,14-,17?;/m0./s1. The van der Waals surface area contributed by atoms with Gasteiger partial charge in [0.15, 0.2) is 0 Å². The molecule has 2 nitrogen and oxygen atoms in total. The first-order chi connectivity index (χ1) is 10.9. The Morgan fingerprint density at radius 3 is 2.52 bits per heavy atom. The summed E-state index contributed by atoms with van der Waals surface area (Å²) in [6.07, 6.45) is 4.63. The SMILES string of the molecule is CC(C)CC(C)C[C@H]1Cc2ccc(Br)cc2C1C=O.CCOC. The van der Waals surface area contributed by atoms with E-state index < -0.39 is 0 Å². The zero-order valence-electron chi connectivity index (χ0n) is 15.1. The fourth-order valence-corrected chi connectivity index (χ4v) is 3.94. The summed E-state index contributed by atoms with van der Waals surface area (Å²) in [5.41, 5.74) is 2.60. The number of methoxy groups -OCH3 is 1. The zero-order chi connectivity index (χ0) is 17.4. The molecule has 0 spiro atoms. The van der Waals surface area contributed by atoms with Crippen LogP contribution in [0.15, 0.2) is 22.7 Å². The highest BCUT2D eigenvalue weighted by Gasteiger charge is 2.33. The monoisotopic (exact) mass is 382 g/mol. The van der Waals surface area contributed by atoms with Gasteiger partial charge in [0, 0.05) is 24.1 Å². The molecule has 3 heteroatoms. The molecule has 23 heavy (non-hydrogen) atoms. The quantitative estimate of drug-likeness (QED) is 0.595. The van der Waals surface area contributed by atoms with Gasteiger partial charge in [-0.2, -0.15) is 0 Å². The average Bonchev–Trinajstić information content (AvgIpc) is 2.82. The lowest BCUT2D eigenvalue weighted by molar-refractivity contribution is -0.110. The van der Waals surface area contributed by atoms with Gasteiger partial charge in [-0.1, -0.05) is 42.8 Å². The third kappa shape index (κ3) is 6.39. The first kappa shape index (κ1) is 20.4. The van der Waals surface area contributed by atoms with Crippen LogP contribution in [0.1, 0.15) is 57.6 Å². The van der Waals surface area contributed by atoms with Crippen molar-refractivity contribution in [2.75, 3.05) is 13.7 Å². The summed E-state index contributed by atoms with van der Waals surface area (Å²) in [6, 6.07) is 6.38. The van der Waals surface area contributed by atoms with Crippen molar-refractivity contribution in [3.63, 3.8) is 0 Å². The Hall–Kier alpha value is -0.670. The van der Waals surface area contributed by atoms with Gasteiger partial charge in [0.2, 0.25) is 0 Å². The Kier molecular flexibility index (Phi) is 9.08. The third-order valence-electron chi connectivity index (χ3n) is 4.47. The molecule has 1 aromatic rings. The van der Waals surface area contributed by atoms with E-state index in [9.17, 15) is 4.79 Å². The minimum Gasteiger partial charge on any atom is -0.385 e. The molecule has 0 radical (unpaired) electrons. The van der Waals surface area contributed by atoms with E-state index in [1.165, 1.54) is 17.5 Å². The van der Waals surface area contributed by atoms with Gasteiger partial charge in [-0.25, -0.2) is 0 Å². The van der Waals surface area contributed by atoms with Crippen molar-refractivity contribution in [3.8, 4) is 0 Å². The van der Waals surface area contributed by atoms with Crippen molar-refractivity contribution in [1.29, 1.82) is 0 Å². The lowest BCUT2D eigenvalue weighted by Gasteiger charge is -2.21. The number of benzene rings is 1. The molecule has 0 amide bonds. The van der Waals surface area contributed by atoms with E-state index in [2.05, 4.69) is 59.6 Å². The molecule has 0 aliphatic heterocycles. The molecule has 0 bridgehead atoms. The molecule has 0 aromatic heterocycles. The van der Waals surface area contributed by atoms with E-state index in [1.807, 2.05) is 6.92 Å². The van der Waals surface area contributed by atoms with Crippen LogP contribution in [-0.4, -0.2) is 20.0 Å². The van der Waals surface area contributed by atoms with Gasteiger partial charge in [0.05, 0.1) is 0 Å². The van der Waals surface area contributed by atoms with Crippen LogP contribution in [-0.2, 0) is 16.0 Å². The summed E-state index contributed by atoms with van der Waals surface area (Å²) >= 11 is 3.51. The molecule has 2 rings (SSSR count). The van der Waals surface area contributed by atoms with Gasteiger partial charge in [-0.3, -0.25) is 0 Å². The first-order valence-corrected chi connectivity index (χ1v) is 9.44. The van der Waals surface area contributed by atoms with Crippen LogP contribution in [0.4, 0.5) is 0 Å². The fourth-order valence-electron chi connectivity index (χ4n) is 3.56. The molecule has 0 saturated heterocycles. The van der Waals surface area contributed by atoms with Crippen LogP contribution in [0.3, 0.4) is 0 Å². The Morgan fingerprint density at radius 1 is 1.35 bits per heavy atom. The van der Waals surface area contributed by atoms with Crippen molar-refractivity contribution in [3.05, 3.63) is 33.8 Å². The Labute approximate surface area is 150 Å². The van der Waals surface area contributed by atoms with Crippen molar-refractivity contribution in [1.82, 2.24) is 0 Å². The second-order valence-corrected chi connectivity index (χ2v) is 7.93. The van der Waals surface area contributed by atoms with Gasteiger partial charge < -0.3 is 9.53 Å². The Morgan fingerprint density at radius 2 is 2.00 bits per heavy atom. The molecule has 1 aliphatic rings. The van der Waals surface area contributed by atoms with Crippen molar-refractivity contribution in [2.24, 2.45) is 17.8 Å². The lowest BCUT2D eigenvalue weighted by Crippen LogP contribution is -2.14. The smallest absolute Gasteiger partial charge is 0.127 e. The molecule has 3 atom stereocenters. The van der Waals surface area contributed by atoms with E-state index in [4.69, 9.17) is 0 Å². The minimum atomic E-state index is 0.0992. The molecule has 0 heterocycles. The van der Waals surface area contributed by atoms with Crippen LogP contribution < -0.4 is 0 Å². The molecule has 1 aliphatic carbocycles. The number of ether oxygens (including phenoxy) is 1. The number of carbonyl (C=O) groups is 1. The van der Waals surface area contributed by atoms with Crippen LogP contribution in [0.2, 0.25) is 0 Å². The number of aldehydes is 1. The van der Waals surface area contributed by atoms with E-state index in [-0.39, 0.29) is 5.92 Å². The molecular weight excluding hydrogens is 352 g/mol. The van der Waals surface area contributed by atoms with Gasteiger partial charge in [-0.15, -0.1) is 0 Å². The van der Waals surface area contributed by atoms with Crippen molar-refractivity contribution >= 4 is 22.2 Å². The number of fused-ring (bicyclic) bond motifs is 1. The highest BCUT2D eigenvalue weighted by Crippen LogP contribution is 2.41. The Balaban J connectivity index is 0.000000593. The predicted octanol–water partition coefficient (Wildman–Crippen LogP) is 5.63. The molecule has 130 valence electrons. The maximum Gasteiger partial charge on any atom is 0.127 e. The zero-order valence-corrected chi connectivity index (χ0v) is 16.7. The summed E-state index contributed by atoms with van der Waals surface area (Å²) in [7, 11) is 1.68. The van der Waals surface area contributed by atoms with Crippen molar-refractivity contribution < 1.29 is 9.53 Å². The molecule has 1 aromatic carbocycles. The van der Waals surface area contributed by atoms with Gasteiger partial charge in [0.25, 0.3) is 0 Å². The molecule has 0 N–H and O–H groups in total.